The van der Waals surface area contributed by atoms with Crippen molar-refractivity contribution in [1.82, 2.24) is 0 Å². The number of aliphatic hydroxyl groups excluding tert-OH is 2. The van der Waals surface area contributed by atoms with Crippen LogP contribution in [0.2, 0.25) is 0 Å². The number of rotatable bonds is 2. The van der Waals surface area contributed by atoms with Crippen LogP contribution in [0.4, 0.5) is 4.39 Å². The van der Waals surface area contributed by atoms with E-state index in [0.29, 0.717) is 0 Å². The number of hydrogen-bond acceptors (Lipinski definition) is 2. The molecule has 38 valence electrons. The van der Waals surface area contributed by atoms with Crippen LogP contribution in [0.1, 0.15) is 0 Å². The van der Waals surface area contributed by atoms with Crippen molar-refractivity contribution in [3.8, 4) is 0 Å². The van der Waals surface area contributed by atoms with E-state index in [1.165, 1.54) is 0 Å². The number of halogens is 1. The van der Waals surface area contributed by atoms with E-state index in [9.17, 15) is 4.39 Å². The Morgan fingerprint density at radius 3 is 1.67 bits per heavy atom. The fourth-order valence-electron chi connectivity index (χ4n) is 0.0577. The lowest BCUT2D eigenvalue weighted by atomic mass is 10.4. The standard InChI is InChI=1S/C3H7FO2/c4-3(1-5)2-6/h3,5-6H,1-2H2. The van der Waals surface area contributed by atoms with Gasteiger partial charge in [0, 0.05) is 0 Å². The molecule has 0 unspecified atom stereocenters. The van der Waals surface area contributed by atoms with Gasteiger partial charge in [0.1, 0.15) is 6.17 Å². The molecule has 0 atom stereocenters. The van der Waals surface area contributed by atoms with E-state index in [2.05, 4.69) is 0 Å². The summed E-state index contributed by atoms with van der Waals surface area (Å²) in [4.78, 5) is 0. The third kappa shape index (κ3) is 2.11. The first kappa shape index (κ1) is 5.85. The van der Waals surface area contributed by atoms with Crippen molar-refractivity contribution in [2.24, 2.45) is 0 Å². The lowest BCUT2D eigenvalue weighted by Gasteiger charge is -1.93. The zero-order valence-electron chi connectivity index (χ0n) is 3.26. The molecule has 0 fully saturated rings. The summed E-state index contributed by atoms with van der Waals surface area (Å²) < 4.78 is 11.4. The first-order valence-electron chi connectivity index (χ1n) is 1.67. The van der Waals surface area contributed by atoms with Crippen molar-refractivity contribution < 1.29 is 14.6 Å². The average molecular weight is 94.1 g/mol. The highest BCUT2D eigenvalue weighted by atomic mass is 19.1. The van der Waals surface area contributed by atoms with Gasteiger partial charge in [-0.3, -0.25) is 0 Å². The molecule has 0 radical (unpaired) electrons. The highest BCUT2D eigenvalue weighted by molar-refractivity contribution is 4.45. The number of alkyl halides is 1. The van der Waals surface area contributed by atoms with E-state index in [4.69, 9.17) is 10.2 Å². The second-order valence-corrected chi connectivity index (χ2v) is 0.962. The van der Waals surface area contributed by atoms with E-state index < -0.39 is 19.4 Å². The van der Waals surface area contributed by atoms with E-state index in [1.807, 2.05) is 0 Å². The van der Waals surface area contributed by atoms with Crippen LogP contribution in [0.3, 0.4) is 0 Å². The van der Waals surface area contributed by atoms with Gasteiger partial charge in [0.2, 0.25) is 0 Å². The Kier molecular flexibility index (Phi) is 2.98. The molecule has 0 saturated carbocycles. The molecule has 0 spiro atoms. The molecule has 0 heterocycles. The molecule has 0 bridgehead atoms. The van der Waals surface area contributed by atoms with Gasteiger partial charge in [-0.25, -0.2) is 4.39 Å². The molecule has 0 aliphatic rings. The van der Waals surface area contributed by atoms with Crippen LogP contribution in [0.15, 0.2) is 0 Å². The predicted molar refractivity (Wildman–Crippen MR) is 19.1 cm³/mol. The van der Waals surface area contributed by atoms with Gasteiger partial charge >= 0.3 is 0 Å². The van der Waals surface area contributed by atoms with Crippen LogP contribution in [0.5, 0.6) is 0 Å². The average Bonchev–Trinajstić information content (AvgIpc) is 1.65. The topological polar surface area (TPSA) is 40.5 Å². The van der Waals surface area contributed by atoms with Crippen LogP contribution >= 0.6 is 0 Å². The van der Waals surface area contributed by atoms with E-state index in [0.717, 1.165) is 0 Å². The summed E-state index contributed by atoms with van der Waals surface area (Å²) in [6, 6.07) is 0. The second-order valence-electron chi connectivity index (χ2n) is 0.962. The third-order valence-corrected chi connectivity index (χ3v) is 0.396. The molecule has 6 heavy (non-hydrogen) atoms. The summed E-state index contributed by atoms with van der Waals surface area (Å²) in [6.07, 6.45) is -1.45. The summed E-state index contributed by atoms with van der Waals surface area (Å²) in [5.41, 5.74) is 0. The smallest absolute Gasteiger partial charge is 0.146 e. The monoisotopic (exact) mass is 94.0 g/mol. The normalized spacial score (nSPS) is 10.0. The van der Waals surface area contributed by atoms with Crippen molar-refractivity contribution >= 4 is 0 Å². The molecule has 0 aromatic carbocycles. The van der Waals surface area contributed by atoms with Crippen LogP contribution in [-0.2, 0) is 0 Å². The molecule has 0 saturated heterocycles. The highest BCUT2D eigenvalue weighted by Crippen LogP contribution is 1.81. The summed E-state index contributed by atoms with van der Waals surface area (Å²) in [6.45, 7) is -1.17. The van der Waals surface area contributed by atoms with E-state index >= 15 is 0 Å². The van der Waals surface area contributed by atoms with Gasteiger partial charge in [-0.15, -0.1) is 0 Å². The van der Waals surface area contributed by atoms with Crippen molar-refractivity contribution in [3.63, 3.8) is 0 Å². The SMILES string of the molecule is OCC(F)CO. The van der Waals surface area contributed by atoms with Crippen LogP contribution in [0, 0.1) is 0 Å². The maximum atomic E-state index is 11.4. The van der Waals surface area contributed by atoms with Crippen LogP contribution in [-0.4, -0.2) is 29.6 Å². The molecule has 0 aromatic heterocycles. The Bertz CT molecular complexity index is 28.0. The Balaban J connectivity index is 2.75. The zero-order valence-corrected chi connectivity index (χ0v) is 3.26. The van der Waals surface area contributed by atoms with E-state index in [-0.39, 0.29) is 0 Å². The Hall–Kier alpha value is -0.150. The number of hydrogen-bond donors (Lipinski definition) is 2. The minimum Gasteiger partial charge on any atom is -0.393 e. The van der Waals surface area contributed by atoms with Gasteiger partial charge in [-0.1, -0.05) is 0 Å². The summed E-state index contributed by atoms with van der Waals surface area (Å²) in [5.74, 6) is 0. The molecular formula is C3H7FO2. The van der Waals surface area contributed by atoms with Crippen molar-refractivity contribution in [2.75, 3.05) is 13.2 Å². The van der Waals surface area contributed by atoms with Gasteiger partial charge in [-0.05, 0) is 0 Å². The van der Waals surface area contributed by atoms with Gasteiger partial charge in [0.05, 0.1) is 13.2 Å². The molecule has 0 aliphatic carbocycles. The maximum absolute atomic E-state index is 11.4. The lowest BCUT2D eigenvalue weighted by molar-refractivity contribution is 0.112. The van der Waals surface area contributed by atoms with Crippen molar-refractivity contribution in [3.05, 3.63) is 0 Å². The summed E-state index contributed by atoms with van der Waals surface area (Å²) in [5, 5.41) is 15.6. The quantitative estimate of drug-likeness (QED) is 0.475. The maximum Gasteiger partial charge on any atom is 0.146 e. The minimum absolute atomic E-state index is 0.587. The second kappa shape index (κ2) is 3.06. The third-order valence-electron chi connectivity index (χ3n) is 0.396. The fourth-order valence-corrected chi connectivity index (χ4v) is 0.0577. The Labute approximate surface area is 35.2 Å². The lowest BCUT2D eigenvalue weighted by Crippen LogP contribution is -2.10. The molecule has 0 aromatic rings. The number of aliphatic hydroxyl groups is 2. The Morgan fingerprint density at radius 2 is 1.67 bits per heavy atom. The predicted octanol–water partition coefficient (Wildman–Crippen LogP) is -0.691. The fraction of sp³-hybridized carbons (Fsp3) is 1.00. The van der Waals surface area contributed by atoms with Gasteiger partial charge < -0.3 is 10.2 Å². The summed E-state index contributed by atoms with van der Waals surface area (Å²) >= 11 is 0. The molecular weight excluding hydrogens is 87.0 g/mol. The largest absolute Gasteiger partial charge is 0.393 e. The van der Waals surface area contributed by atoms with Gasteiger partial charge in [0.15, 0.2) is 0 Å². The van der Waals surface area contributed by atoms with Crippen molar-refractivity contribution in [1.29, 1.82) is 0 Å². The molecule has 0 amide bonds. The molecule has 2 nitrogen and oxygen atoms in total. The molecule has 3 heteroatoms. The minimum atomic E-state index is -1.45. The summed E-state index contributed by atoms with van der Waals surface area (Å²) in [7, 11) is 0. The van der Waals surface area contributed by atoms with Crippen LogP contribution in [0.25, 0.3) is 0 Å². The molecule has 0 rings (SSSR count). The van der Waals surface area contributed by atoms with E-state index in [1.54, 1.807) is 0 Å². The van der Waals surface area contributed by atoms with Crippen molar-refractivity contribution in [2.45, 2.75) is 6.17 Å². The van der Waals surface area contributed by atoms with Crippen LogP contribution < -0.4 is 0 Å². The first-order valence-corrected chi connectivity index (χ1v) is 1.67. The Morgan fingerprint density at radius 1 is 1.33 bits per heavy atom. The highest BCUT2D eigenvalue weighted by Gasteiger charge is 1.97. The van der Waals surface area contributed by atoms with Gasteiger partial charge in [0.25, 0.3) is 0 Å². The first-order chi connectivity index (χ1) is 2.81. The molecule has 0 aliphatic heterocycles. The zero-order chi connectivity index (χ0) is 4.99. The molecule has 2 N–H and O–H groups in total. The van der Waals surface area contributed by atoms with Gasteiger partial charge in [-0.2, -0.15) is 0 Å².